The second-order valence-electron chi connectivity index (χ2n) is 5.07. The van der Waals surface area contributed by atoms with Gasteiger partial charge in [0.15, 0.2) is 5.82 Å². The Labute approximate surface area is 135 Å². The fourth-order valence-electron chi connectivity index (χ4n) is 2.38. The Kier molecular flexibility index (Phi) is 4.16. The van der Waals surface area contributed by atoms with E-state index in [1.165, 1.54) is 18.5 Å². The number of hydrogen-bond acceptors (Lipinski definition) is 6. The molecular formula is C14H13FN6OS. The Morgan fingerprint density at radius 3 is 3.09 bits per heavy atom. The number of thioether (sulfide) groups is 1. The number of rotatable bonds is 4. The number of hydrogen-bond donors (Lipinski definition) is 2. The van der Waals surface area contributed by atoms with E-state index in [0.29, 0.717) is 5.69 Å². The molecule has 3 heterocycles. The second kappa shape index (κ2) is 6.26. The maximum Gasteiger partial charge on any atom is 0.254 e. The monoisotopic (exact) mass is 332 g/mol. The number of pyridine rings is 1. The van der Waals surface area contributed by atoms with Crippen LogP contribution >= 0.6 is 11.8 Å². The number of carbonyl (C=O) groups is 1. The Morgan fingerprint density at radius 2 is 2.39 bits per heavy atom. The molecule has 2 unspecified atom stereocenters. The minimum absolute atomic E-state index is 0.118. The Hall–Kier alpha value is -2.60. The van der Waals surface area contributed by atoms with Gasteiger partial charge in [-0.25, -0.2) is 4.98 Å². The molecular weight excluding hydrogens is 319 g/mol. The highest BCUT2D eigenvalue weighted by Crippen LogP contribution is 2.34. The van der Waals surface area contributed by atoms with Gasteiger partial charge in [-0.05, 0) is 6.07 Å². The summed E-state index contributed by atoms with van der Waals surface area (Å²) in [7, 11) is 0. The Morgan fingerprint density at radius 1 is 1.57 bits per heavy atom. The predicted octanol–water partition coefficient (Wildman–Crippen LogP) is 1.69. The molecule has 9 heteroatoms. The molecule has 1 fully saturated rings. The van der Waals surface area contributed by atoms with Crippen LogP contribution in [0.15, 0.2) is 24.5 Å². The number of nitriles is 1. The van der Waals surface area contributed by atoms with Crippen molar-refractivity contribution in [2.45, 2.75) is 6.04 Å². The van der Waals surface area contributed by atoms with Crippen LogP contribution in [0.1, 0.15) is 16.4 Å². The van der Waals surface area contributed by atoms with Gasteiger partial charge in [0.05, 0.1) is 18.0 Å². The molecule has 0 radical (unpaired) electrons. The maximum atomic E-state index is 13.2. The van der Waals surface area contributed by atoms with Crippen molar-refractivity contribution in [2.24, 2.45) is 11.7 Å². The zero-order chi connectivity index (χ0) is 16.4. The SMILES string of the molecule is N#CC1CSCC1n1cc(C(N)=O)c(Nc2ccnc(F)c2)n1. The summed E-state index contributed by atoms with van der Waals surface area (Å²) in [5, 5.41) is 16.4. The molecule has 1 aliphatic heterocycles. The first kappa shape index (κ1) is 15.3. The van der Waals surface area contributed by atoms with E-state index in [4.69, 9.17) is 5.73 Å². The Bertz CT molecular complexity index is 786. The van der Waals surface area contributed by atoms with Crippen LogP contribution in [-0.2, 0) is 0 Å². The number of nitrogens with zero attached hydrogens (tertiary/aromatic N) is 4. The van der Waals surface area contributed by atoms with Crippen molar-refractivity contribution in [3.63, 3.8) is 0 Å². The van der Waals surface area contributed by atoms with Gasteiger partial charge in [0.25, 0.3) is 5.91 Å². The van der Waals surface area contributed by atoms with E-state index in [0.717, 1.165) is 11.5 Å². The average molecular weight is 332 g/mol. The molecule has 0 bridgehead atoms. The third kappa shape index (κ3) is 3.12. The minimum atomic E-state index is -0.646. The quantitative estimate of drug-likeness (QED) is 0.825. The summed E-state index contributed by atoms with van der Waals surface area (Å²) in [5.41, 5.74) is 5.98. The highest BCUT2D eigenvalue weighted by Gasteiger charge is 2.31. The summed E-state index contributed by atoms with van der Waals surface area (Å²) in [6, 6.07) is 4.87. The lowest BCUT2D eigenvalue weighted by Gasteiger charge is -2.12. The van der Waals surface area contributed by atoms with Gasteiger partial charge in [0.1, 0.15) is 5.56 Å². The van der Waals surface area contributed by atoms with Crippen LogP contribution in [0.4, 0.5) is 15.9 Å². The number of anilines is 2. The van der Waals surface area contributed by atoms with Gasteiger partial charge >= 0.3 is 0 Å². The molecule has 2 atom stereocenters. The summed E-state index contributed by atoms with van der Waals surface area (Å²) in [4.78, 5) is 15.1. The van der Waals surface area contributed by atoms with Gasteiger partial charge in [-0.15, -0.1) is 0 Å². The molecule has 7 nitrogen and oxygen atoms in total. The summed E-state index contributed by atoms with van der Waals surface area (Å²) in [5.74, 6) is 0.231. The number of aromatic nitrogens is 3. The van der Waals surface area contributed by atoms with Crippen molar-refractivity contribution < 1.29 is 9.18 Å². The maximum absolute atomic E-state index is 13.2. The lowest BCUT2D eigenvalue weighted by molar-refractivity contribution is 0.100. The summed E-state index contributed by atoms with van der Waals surface area (Å²) in [6.07, 6.45) is 2.83. The van der Waals surface area contributed by atoms with Gasteiger partial charge in [0, 0.05) is 35.7 Å². The molecule has 23 heavy (non-hydrogen) atoms. The molecule has 1 amide bonds. The Balaban J connectivity index is 1.93. The average Bonchev–Trinajstić information content (AvgIpc) is 3.13. The van der Waals surface area contributed by atoms with Crippen LogP contribution in [0.25, 0.3) is 0 Å². The zero-order valence-corrected chi connectivity index (χ0v) is 12.8. The van der Waals surface area contributed by atoms with E-state index in [1.54, 1.807) is 22.5 Å². The molecule has 0 aromatic carbocycles. The molecule has 3 rings (SSSR count). The third-order valence-corrected chi connectivity index (χ3v) is 4.71. The van der Waals surface area contributed by atoms with Crippen LogP contribution in [0, 0.1) is 23.2 Å². The van der Waals surface area contributed by atoms with Gasteiger partial charge in [-0.3, -0.25) is 9.48 Å². The standard InChI is InChI=1S/C14H13FN6OS/c15-12-3-9(1-2-18-12)19-14-10(13(17)22)5-21(20-14)11-7-23-6-8(11)4-16/h1-3,5,8,11H,6-7H2,(H2,17,22)(H,18,19,20). The fourth-order valence-corrected chi connectivity index (χ4v) is 3.69. The van der Waals surface area contributed by atoms with Crippen LogP contribution in [0.5, 0.6) is 0 Å². The summed E-state index contributed by atoms with van der Waals surface area (Å²) < 4.78 is 14.8. The molecule has 3 N–H and O–H groups in total. The first-order valence-electron chi connectivity index (χ1n) is 6.83. The minimum Gasteiger partial charge on any atom is -0.365 e. The first-order chi connectivity index (χ1) is 11.1. The van der Waals surface area contributed by atoms with Crippen molar-refractivity contribution in [3.8, 4) is 6.07 Å². The molecule has 2 aromatic rings. The van der Waals surface area contributed by atoms with E-state index < -0.39 is 11.9 Å². The highest BCUT2D eigenvalue weighted by atomic mass is 32.2. The summed E-state index contributed by atoms with van der Waals surface area (Å²) >= 11 is 1.66. The molecule has 1 saturated heterocycles. The normalized spacial score (nSPS) is 20.2. The van der Waals surface area contributed by atoms with E-state index in [-0.39, 0.29) is 23.3 Å². The van der Waals surface area contributed by atoms with Crippen LogP contribution in [0.3, 0.4) is 0 Å². The topological polar surface area (TPSA) is 110 Å². The smallest absolute Gasteiger partial charge is 0.254 e. The van der Waals surface area contributed by atoms with Crippen molar-refractivity contribution in [2.75, 3.05) is 16.8 Å². The lowest BCUT2D eigenvalue weighted by Crippen LogP contribution is -2.17. The van der Waals surface area contributed by atoms with Gasteiger partial charge in [0.2, 0.25) is 5.95 Å². The molecule has 0 aliphatic carbocycles. The van der Waals surface area contributed by atoms with Crippen LogP contribution in [-0.4, -0.2) is 32.2 Å². The highest BCUT2D eigenvalue weighted by molar-refractivity contribution is 7.99. The summed E-state index contributed by atoms with van der Waals surface area (Å²) in [6.45, 7) is 0. The van der Waals surface area contributed by atoms with E-state index in [2.05, 4.69) is 21.5 Å². The number of amides is 1. The van der Waals surface area contributed by atoms with Gasteiger partial charge in [-0.1, -0.05) is 0 Å². The number of nitrogens with one attached hydrogen (secondary N) is 1. The first-order valence-corrected chi connectivity index (χ1v) is 7.99. The van der Waals surface area contributed by atoms with Gasteiger partial charge < -0.3 is 11.1 Å². The van der Waals surface area contributed by atoms with Crippen molar-refractivity contribution in [1.29, 1.82) is 5.26 Å². The lowest BCUT2D eigenvalue weighted by atomic mass is 10.1. The van der Waals surface area contributed by atoms with Crippen molar-refractivity contribution in [1.82, 2.24) is 14.8 Å². The van der Waals surface area contributed by atoms with Crippen molar-refractivity contribution in [3.05, 3.63) is 36.0 Å². The molecule has 0 spiro atoms. The second-order valence-corrected chi connectivity index (χ2v) is 6.14. The third-order valence-electron chi connectivity index (χ3n) is 3.54. The largest absolute Gasteiger partial charge is 0.365 e. The molecule has 0 saturated carbocycles. The predicted molar refractivity (Wildman–Crippen MR) is 83.7 cm³/mol. The molecule has 2 aromatic heterocycles. The van der Waals surface area contributed by atoms with Crippen LogP contribution in [0.2, 0.25) is 0 Å². The number of primary amides is 1. The zero-order valence-electron chi connectivity index (χ0n) is 11.9. The van der Waals surface area contributed by atoms with Crippen LogP contribution < -0.4 is 11.1 Å². The number of carbonyl (C=O) groups excluding carboxylic acids is 1. The molecule has 118 valence electrons. The van der Waals surface area contributed by atoms with E-state index in [9.17, 15) is 14.4 Å². The molecule has 1 aliphatic rings. The number of halogens is 1. The van der Waals surface area contributed by atoms with Gasteiger partial charge in [-0.2, -0.15) is 26.5 Å². The van der Waals surface area contributed by atoms with E-state index in [1.807, 2.05) is 0 Å². The fraction of sp³-hybridized carbons (Fsp3) is 0.286. The van der Waals surface area contributed by atoms with E-state index >= 15 is 0 Å². The number of nitrogens with two attached hydrogens (primary N) is 1. The van der Waals surface area contributed by atoms with Crippen molar-refractivity contribution >= 4 is 29.2 Å².